The summed E-state index contributed by atoms with van der Waals surface area (Å²) in [6.07, 6.45) is 0. The Balaban J connectivity index is 1.15. The van der Waals surface area contributed by atoms with E-state index in [2.05, 4.69) is 194 Å². The topological polar surface area (TPSA) is 13.1 Å². The molecule has 0 unspecified atom stereocenters. The lowest BCUT2D eigenvalue weighted by atomic mass is 9.84. The van der Waals surface area contributed by atoms with Gasteiger partial charge in [-0.15, -0.1) is 0 Å². The lowest BCUT2D eigenvalue weighted by Gasteiger charge is -2.19. The van der Waals surface area contributed by atoms with Gasteiger partial charge in [0, 0.05) is 10.8 Å². The van der Waals surface area contributed by atoms with Gasteiger partial charge >= 0.3 is 0 Å². The first-order chi connectivity index (χ1) is 26.2. The maximum absolute atomic E-state index is 6.44. The van der Waals surface area contributed by atoms with Gasteiger partial charge in [0.1, 0.15) is 11.2 Å². The van der Waals surface area contributed by atoms with Crippen molar-refractivity contribution in [2.45, 2.75) is 0 Å². The van der Waals surface area contributed by atoms with E-state index in [1.807, 2.05) is 0 Å². The van der Waals surface area contributed by atoms with Crippen molar-refractivity contribution in [3.05, 3.63) is 194 Å². The maximum Gasteiger partial charge on any atom is 0.136 e. The van der Waals surface area contributed by atoms with Gasteiger partial charge in [-0.25, -0.2) is 0 Å². The summed E-state index contributed by atoms with van der Waals surface area (Å²) in [7, 11) is 0. The first kappa shape index (κ1) is 29.7. The molecule has 10 aromatic carbocycles. The summed E-state index contributed by atoms with van der Waals surface area (Å²) in [6.45, 7) is 0. The molecule has 0 N–H and O–H groups in total. The second-order valence-corrected chi connectivity index (χ2v) is 14.1. The second-order valence-electron chi connectivity index (χ2n) is 14.1. The van der Waals surface area contributed by atoms with Crippen LogP contribution in [0.2, 0.25) is 0 Å². The van der Waals surface area contributed by atoms with Gasteiger partial charge in [0.2, 0.25) is 0 Å². The van der Waals surface area contributed by atoms with Gasteiger partial charge in [-0.05, 0) is 124 Å². The third-order valence-electron chi connectivity index (χ3n) is 11.0. The van der Waals surface area contributed by atoms with Crippen molar-refractivity contribution in [3.8, 4) is 44.5 Å². The molecule has 1 aromatic heterocycles. The van der Waals surface area contributed by atoms with Crippen molar-refractivity contribution in [3.63, 3.8) is 0 Å². The van der Waals surface area contributed by atoms with Gasteiger partial charge in [-0.2, -0.15) is 0 Å². The molecule has 0 radical (unpaired) electrons. The molecule has 0 atom stereocenters. The number of hydrogen-bond donors (Lipinski definition) is 0. The average molecular weight is 673 g/mol. The Bertz CT molecular complexity index is 3200. The molecule has 246 valence electrons. The SMILES string of the molecule is c1ccc(-c2ccc3c(-c4ccc(-c5ccc6ccccc6c5)cc4)c4ccccc4c(-c4ccc5oc6cc7ccccc7cc6c5c4)c3c2)cc1. The summed E-state index contributed by atoms with van der Waals surface area (Å²) in [6, 6.07) is 70.7. The van der Waals surface area contributed by atoms with E-state index in [1.165, 1.54) is 87.6 Å². The van der Waals surface area contributed by atoms with Crippen LogP contribution < -0.4 is 0 Å². The van der Waals surface area contributed by atoms with Crippen LogP contribution in [0.25, 0.3) is 110 Å². The van der Waals surface area contributed by atoms with E-state index in [4.69, 9.17) is 4.42 Å². The maximum atomic E-state index is 6.44. The molecule has 0 bridgehead atoms. The number of benzene rings is 10. The van der Waals surface area contributed by atoms with E-state index in [9.17, 15) is 0 Å². The highest BCUT2D eigenvalue weighted by Crippen LogP contribution is 2.46. The van der Waals surface area contributed by atoms with E-state index >= 15 is 0 Å². The van der Waals surface area contributed by atoms with Crippen LogP contribution in [0.1, 0.15) is 0 Å². The molecule has 0 aliphatic rings. The highest BCUT2D eigenvalue weighted by atomic mass is 16.3. The Hall–Kier alpha value is -6.96. The smallest absolute Gasteiger partial charge is 0.136 e. The van der Waals surface area contributed by atoms with Crippen LogP contribution in [0.5, 0.6) is 0 Å². The molecule has 0 aliphatic carbocycles. The van der Waals surface area contributed by atoms with Crippen LogP contribution in [-0.4, -0.2) is 0 Å². The first-order valence-electron chi connectivity index (χ1n) is 18.2. The van der Waals surface area contributed by atoms with Crippen LogP contribution in [0.15, 0.2) is 199 Å². The van der Waals surface area contributed by atoms with Gasteiger partial charge in [0.15, 0.2) is 0 Å². The molecule has 0 fully saturated rings. The molecule has 0 saturated carbocycles. The lowest BCUT2D eigenvalue weighted by molar-refractivity contribution is 0.669. The Morgan fingerprint density at radius 1 is 0.226 bits per heavy atom. The molecule has 0 saturated heterocycles. The predicted octanol–water partition coefficient (Wildman–Crippen LogP) is 14.9. The number of rotatable bonds is 4. The fourth-order valence-corrected chi connectivity index (χ4v) is 8.43. The van der Waals surface area contributed by atoms with Gasteiger partial charge in [0.05, 0.1) is 0 Å². The van der Waals surface area contributed by atoms with Crippen molar-refractivity contribution in [2.75, 3.05) is 0 Å². The quantitative estimate of drug-likeness (QED) is 0.170. The van der Waals surface area contributed by atoms with Crippen molar-refractivity contribution in [2.24, 2.45) is 0 Å². The van der Waals surface area contributed by atoms with Crippen LogP contribution in [0.3, 0.4) is 0 Å². The summed E-state index contributed by atoms with van der Waals surface area (Å²) < 4.78 is 6.44. The van der Waals surface area contributed by atoms with Crippen molar-refractivity contribution in [1.29, 1.82) is 0 Å². The summed E-state index contributed by atoms with van der Waals surface area (Å²) in [5.74, 6) is 0. The van der Waals surface area contributed by atoms with Crippen LogP contribution >= 0.6 is 0 Å². The molecule has 0 amide bonds. The molecule has 1 heterocycles. The van der Waals surface area contributed by atoms with E-state index < -0.39 is 0 Å². The summed E-state index contributed by atoms with van der Waals surface area (Å²) in [5, 5.41) is 12.1. The largest absolute Gasteiger partial charge is 0.456 e. The van der Waals surface area contributed by atoms with Crippen LogP contribution in [0, 0.1) is 0 Å². The number of hydrogen-bond acceptors (Lipinski definition) is 1. The Kier molecular flexibility index (Phi) is 6.62. The molecule has 53 heavy (non-hydrogen) atoms. The molecular weight excluding hydrogens is 641 g/mol. The predicted molar refractivity (Wildman–Crippen MR) is 225 cm³/mol. The standard InChI is InChI=1S/C52H32O/c1-2-10-33(11-3-1)41-24-26-45-48(30-41)52(42-25-27-49-46(31-42)47-29-38-14-6-7-15-39(38)32-50(47)53-49)44-17-9-8-16-43(44)51(45)36-21-18-35(19-22-36)40-23-20-34-12-4-5-13-37(34)28-40/h1-32H. The molecule has 0 aliphatic heterocycles. The minimum atomic E-state index is 0.903. The monoisotopic (exact) mass is 672 g/mol. The highest BCUT2D eigenvalue weighted by Gasteiger charge is 2.19. The fraction of sp³-hybridized carbons (Fsp3) is 0. The minimum Gasteiger partial charge on any atom is -0.456 e. The molecule has 1 nitrogen and oxygen atoms in total. The average Bonchev–Trinajstić information content (AvgIpc) is 3.58. The van der Waals surface area contributed by atoms with Crippen LogP contribution in [-0.2, 0) is 0 Å². The van der Waals surface area contributed by atoms with E-state index in [1.54, 1.807) is 0 Å². The summed E-state index contributed by atoms with van der Waals surface area (Å²) >= 11 is 0. The van der Waals surface area contributed by atoms with Crippen LogP contribution in [0.4, 0.5) is 0 Å². The van der Waals surface area contributed by atoms with Gasteiger partial charge in [-0.3, -0.25) is 0 Å². The van der Waals surface area contributed by atoms with Crippen molar-refractivity contribution in [1.82, 2.24) is 0 Å². The van der Waals surface area contributed by atoms with E-state index in [-0.39, 0.29) is 0 Å². The highest BCUT2D eigenvalue weighted by molar-refractivity contribution is 6.23. The zero-order chi connectivity index (χ0) is 34.9. The lowest BCUT2D eigenvalue weighted by Crippen LogP contribution is -1.92. The third-order valence-corrected chi connectivity index (χ3v) is 11.0. The number of fused-ring (bicyclic) bond motifs is 7. The number of furan rings is 1. The Labute approximate surface area is 307 Å². The molecule has 1 heteroatoms. The second kappa shape index (κ2) is 11.8. The Morgan fingerprint density at radius 3 is 1.49 bits per heavy atom. The molecular formula is C52H32O. The minimum absolute atomic E-state index is 0.903. The van der Waals surface area contributed by atoms with E-state index in [0.29, 0.717) is 0 Å². The zero-order valence-corrected chi connectivity index (χ0v) is 28.9. The zero-order valence-electron chi connectivity index (χ0n) is 28.9. The first-order valence-corrected chi connectivity index (χ1v) is 18.2. The van der Waals surface area contributed by atoms with Gasteiger partial charge < -0.3 is 4.42 Å². The Morgan fingerprint density at radius 2 is 0.717 bits per heavy atom. The normalized spacial score (nSPS) is 11.8. The fourth-order valence-electron chi connectivity index (χ4n) is 8.43. The summed E-state index contributed by atoms with van der Waals surface area (Å²) in [4.78, 5) is 0. The molecule has 0 spiro atoms. The molecule has 11 aromatic rings. The van der Waals surface area contributed by atoms with Gasteiger partial charge in [-0.1, -0.05) is 158 Å². The third kappa shape index (κ3) is 4.86. The summed E-state index contributed by atoms with van der Waals surface area (Å²) in [5.41, 5.74) is 11.5. The van der Waals surface area contributed by atoms with E-state index in [0.717, 1.165) is 21.9 Å². The van der Waals surface area contributed by atoms with Crippen molar-refractivity contribution >= 4 is 65.0 Å². The molecule has 11 rings (SSSR count). The van der Waals surface area contributed by atoms with Gasteiger partial charge in [0.25, 0.3) is 0 Å². The van der Waals surface area contributed by atoms with Crippen molar-refractivity contribution < 1.29 is 4.42 Å².